The van der Waals surface area contributed by atoms with Gasteiger partial charge >= 0.3 is 10.2 Å². The predicted molar refractivity (Wildman–Crippen MR) is 105 cm³/mol. The summed E-state index contributed by atoms with van der Waals surface area (Å²) in [4.78, 5) is 3.78. The molecular weight excluding hydrogens is 382 g/mol. The minimum Gasteiger partial charge on any atom is -0.495 e. The Morgan fingerprint density at radius 1 is 1.18 bits per heavy atom. The summed E-state index contributed by atoms with van der Waals surface area (Å²) in [6.07, 6.45) is 2.80. The Labute approximate surface area is 165 Å². The lowest BCUT2D eigenvalue weighted by molar-refractivity contribution is 0.122. The Morgan fingerprint density at radius 2 is 1.96 bits per heavy atom. The van der Waals surface area contributed by atoms with Gasteiger partial charge in [0.15, 0.2) is 6.19 Å². The maximum absolute atomic E-state index is 13.2. The van der Waals surface area contributed by atoms with E-state index in [2.05, 4.69) is 11.1 Å². The fourth-order valence-electron chi connectivity index (χ4n) is 4.13. The molecule has 0 saturated carbocycles. The van der Waals surface area contributed by atoms with E-state index >= 15 is 0 Å². The van der Waals surface area contributed by atoms with Crippen LogP contribution in [0.3, 0.4) is 0 Å². The van der Waals surface area contributed by atoms with Crippen LogP contribution in [0.1, 0.15) is 6.42 Å². The maximum atomic E-state index is 13.2. The van der Waals surface area contributed by atoms with E-state index in [0.29, 0.717) is 51.5 Å². The maximum Gasteiger partial charge on any atom is 0.304 e. The molecule has 3 fully saturated rings. The van der Waals surface area contributed by atoms with Crippen LogP contribution in [0.5, 0.6) is 5.75 Å². The second-order valence-electron chi connectivity index (χ2n) is 7.13. The Hall–Kier alpha value is -2.22. The van der Waals surface area contributed by atoms with Crippen LogP contribution >= 0.6 is 0 Å². The van der Waals surface area contributed by atoms with E-state index in [-0.39, 0.29) is 6.04 Å². The van der Waals surface area contributed by atoms with Gasteiger partial charge in [0.25, 0.3) is 0 Å². The van der Waals surface area contributed by atoms with Crippen molar-refractivity contribution < 1.29 is 17.9 Å². The molecule has 3 heterocycles. The summed E-state index contributed by atoms with van der Waals surface area (Å²) in [5, 5.41) is 9.06. The summed E-state index contributed by atoms with van der Waals surface area (Å²) in [5.74, 6) is 0.722. The van der Waals surface area contributed by atoms with Crippen molar-refractivity contribution in [1.82, 2.24) is 9.21 Å². The summed E-state index contributed by atoms with van der Waals surface area (Å²) in [5.41, 5.74) is 1.52. The Kier molecular flexibility index (Phi) is 5.23. The van der Waals surface area contributed by atoms with E-state index in [1.54, 1.807) is 22.4 Å². The largest absolute Gasteiger partial charge is 0.495 e. The first-order valence-corrected chi connectivity index (χ1v) is 10.9. The average molecular weight is 407 g/mol. The van der Waals surface area contributed by atoms with Gasteiger partial charge in [0.1, 0.15) is 5.75 Å². The van der Waals surface area contributed by atoms with Crippen molar-refractivity contribution >= 4 is 21.6 Å². The summed E-state index contributed by atoms with van der Waals surface area (Å²) in [6.45, 7) is 4.67. The molecule has 0 amide bonds. The molecule has 0 bridgehead atoms. The van der Waals surface area contributed by atoms with Gasteiger partial charge in [-0.1, -0.05) is 0 Å². The molecule has 152 valence electrons. The molecule has 0 aliphatic carbocycles. The van der Waals surface area contributed by atoms with Crippen molar-refractivity contribution in [2.24, 2.45) is 0 Å². The predicted octanol–water partition coefficient (Wildman–Crippen LogP) is 0.454. The molecular formula is C18H25N5O4S. The Balaban J connectivity index is 1.60. The third-order valence-corrected chi connectivity index (χ3v) is 7.64. The van der Waals surface area contributed by atoms with E-state index in [0.717, 1.165) is 24.5 Å². The first-order chi connectivity index (χ1) is 13.5. The number of rotatable bonds is 4. The molecule has 0 aromatic heterocycles. The van der Waals surface area contributed by atoms with Crippen LogP contribution in [-0.2, 0) is 14.9 Å². The molecule has 0 spiro atoms. The highest BCUT2D eigenvalue weighted by molar-refractivity contribution is 7.90. The standard InChI is InChI=1S/C18H25N5O4S/c1-26-18-3-2-15(12-17(18)21-8-10-27-11-9-21)22-6-7-23(28(22,24)25)16-4-5-20(13-16)14-19/h2-3,12,16H,4-11,13H2,1H3. The fourth-order valence-corrected chi connectivity index (χ4v) is 5.94. The van der Waals surface area contributed by atoms with Crippen molar-refractivity contribution in [3.63, 3.8) is 0 Å². The van der Waals surface area contributed by atoms with Crippen LogP contribution in [0.2, 0.25) is 0 Å². The van der Waals surface area contributed by atoms with Crippen molar-refractivity contribution in [3.05, 3.63) is 18.2 Å². The van der Waals surface area contributed by atoms with Crippen LogP contribution in [0.25, 0.3) is 0 Å². The van der Waals surface area contributed by atoms with E-state index in [1.165, 1.54) is 4.31 Å². The third kappa shape index (κ3) is 3.34. The number of nitriles is 1. The quantitative estimate of drug-likeness (QED) is 0.670. The molecule has 1 unspecified atom stereocenters. The van der Waals surface area contributed by atoms with Crippen LogP contribution in [-0.4, -0.2) is 83.3 Å². The molecule has 3 aliphatic rings. The van der Waals surface area contributed by atoms with Crippen molar-refractivity contribution in [3.8, 4) is 11.9 Å². The summed E-state index contributed by atoms with van der Waals surface area (Å²) in [6, 6.07) is 5.36. The number of morpholine rings is 1. The normalized spacial score (nSPS) is 25.1. The van der Waals surface area contributed by atoms with Crippen LogP contribution < -0.4 is 13.9 Å². The van der Waals surface area contributed by atoms with E-state index in [9.17, 15) is 8.42 Å². The van der Waals surface area contributed by atoms with Gasteiger partial charge in [0, 0.05) is 45.3 Å². The SMILES string of the molecule is COc1ccc(N2CCN(C3CCN(C#N)C3)S2(=O)=O)cc1N1CCOCC1. The smallest absolute Gasteiger partial charge is 0.304 e. The van der Waals surface area contributed by atoms with Crippen LogP contribution in [0, 0.1) is 11.5 Å². The molecule has 0 N–H and O–H groups in total. The third-order valence-electron chi connectivity index (χ3n) is 5.61. The topological polar surface area (TPSA) is 89.3 Å². The van der Waals surface area contributed by atoms with E-state index in [4.69, 9.17) is 14.7 Å². The van der Waals surface area contributed by atoms with Gasteiger partial charge in [0.05, 0.1) is 31.7 Å². The van der Waals surface area contributed by atoms with Gasteiger partial charge in [-0.3, -0.25) is 4.31 Å². The van der Waals surface area contributed by atoms with E-state index < -0.39 is 10.2 Å². The van der Waals surface area contributed by atoms with E-state index in [1.807, 2.05) is 12.1 Å². The molecule has 3 aliphatic heterocycles. The molecule has 1 aromatic carbocycles. The second-order valence-corrected chi connectivity index (χ2v) is 8.94. The van der Waals surface area contributed by atoms with Crippen molar-refractivity contribution in [2.75, 3.05) is 68.8 Å². The first-order valence-electron chi connectivity index (χ1n) is 9.49. The molecule has 9 nitrogen and oxygen atoms in total. The molecule has 10 heteroatoms. The molecule has 4 rings (SSSR count). The first kappa shape index (κ1) is 19.1. The van der Waals surface area contributed by atoms with Gasteiger partial charge < -0.3 is 19.3 Å². The fraction of sp³-hybridized carbons (Fsp3) is 0.611. The zero-order valence-corrected chi connectivity index (χ0v) is 16.8. The minimum absolute atomic E-state index is 0.147. The number of ether oxygens (including phenoxy) is 2. The zero-order chi connectivity index (χ0) is 19.7. The number of benzene rings is 1. The average Bonchev–Trinajstić information content (AvgIpc) is 3.31. The number of nitrogens with zero attached hydrogens (tertiary/aromatic N) is 5. The molecule has 3 saturated heterocycles. The number of hydrogen-bond acceptors (Lipinski definition) is 7. The minimum atomic E-state index is -3.62. The Morgan fingerprint density at radius 3 is 2.64 bits per heavy atom. The number of likely N-dealkylation sites (tertiary alicyclic amines) is 1. The lowest BCUT2D eigenvalue weighted by atomic mass is 10.2. The van der Waals surface area contributed by atoms with Crippen molar-refractivity contribution in [2.45, 2.75) is 12.5 Å². The number of anilines is 2. The molecule has 28 heavy (non-hydrogen) atoms. The van der Waals surface area contributed by atoms with Gasteiger partial charge in [-0.05, 0) is 24.6 Å². The second kappa shape index (κ2) is 7.66. The van der Waals surface area contributed by atoms with Gasteiger partial charge in [-0.2, -0.15) is 18.0 Å². The van der Waals surface area contributed by atoms with Gasteiger partial charge in [-0.25, -0.2) is 0 Å². The molecule has 0 radical (unpaired) electrons. The zero-order valence-electron chi connectivity index (χ0n) is 16.0. The summed E-state index contributed by atoms with van der Waals surface area (Å²) >= 11 is 0. The highest BCUT2D eigenvalue weighted by Crippen LogP contribution is 2.36. The molecule has 1 aromatic rings. The van der Waals surface area contributed by atoms with Crippen molar-refractivity contribution in [1.29, 1.82) is 5.26 Å². The monoisotopic (exact) mass is 407 g/mol. The highest BCUT2D eigenvalue weighted by atomic mass is 32.2. The lowest BCUT2D eigenvalue weighted by Crippen LogP contribution is -2.41. The Bertz CT molecular complexity index is 865. The van der Waals surface area contributed by atoms with Gasteiger partial charge in [0.2, 0.25) is 0 Å². The number of methoxy groups -OCH3 is 1. The lowest BCUT2D eigenvalue weighted by Gasteiger charge is -2.31. The van der Waals surface area contributed by atoms with Gasteiger partial charge in [-0.15, -0.1) is 0 Å². The molecule has 1 atom stereocenters. The van der Waals surface area contributed by atoms with Crippen LogP contribution in [0.4, 0.5) is 11.4 Å². The summed E-state index contributed by atoms with van der Waals surface area (Å²) in [7, 11) is -2.00. The van der Waals surface area contributed by atoms with Crippen LogP contribution in [0.15, 0.2) is 18.2 Å². The number of hydrogen-bond donors (Lipinski definition) is 0. The summed E-state index contributed by atoms with van der Waals surface area (Å²) < 4.78 is 40.3. The highest BCUT2D eigenvalue weighted by Gasteiger charge is 2.43.